The van der Waals surface area contributed by atoms with Crippen molar-refractivity contribution in [2.45, 2.75) is 58.0 Å². The Hall–Kier alpha value is 0.270. The van der Waals surface area contributed by atoms with Gasteiger partial charge in [0.15, 0.2) is 0 Å². The molecule has 0 aliphatic heterocycles. The number of hydrogen-bond acceptors (Lipinski definition) is 3. The van der Waals surface area contributed by atoms with E-state index in [0.29, 0.717) is 5.41 Å². The highest BCUT2D eigenvalue weighted by Gasteiger charge is 2.30. The summed E-state index contributed by atoms with van der Waals surface area (Å²) in [5.41, 5.74) is 0.424. The van der Waals surface area contributed by atoms with Crippen LogP contribution < -0.4 is 0 Å². The van der Waals surface area contributed by atoms with Crippen LogP contribution in [0, 0.1) is 5.41 Å². The first kappa shape index (κ1) is 15.3. The summed E-state index contributed by atoms with van der Waals surface area (Å²) in [6.45, 7) is 4.00. The van der Waals surface area contributed by atoms with E-state index in [4.69, 9.17) is 0 Å². The molecule has 1 aliphatic rings. The van der Waals surface area contributed by atoms with E-state index >= 15 is 0 Å². The van der Waals surface area contributed by atoms with Crippen LogP contribution in [0.1, 0.15) is 51.9 Å². The maximum atomic E-state index is 9.33. The molecule has 0 aromatic carbocycles. The molecule has 3 heteroatoms. The fourth-order valence-corrected chi connectivity index (χ4v) is 3.32. The molecule has 0 bridgehead atoms. The molecule has 0 heterocycles. The number of aliphatic hydroxyl groups is 1. The molecule has 1 unspecified atom stereocenters. The Morgan fingerprint density at radius 3 is 2.29 bits per heavy atom. The molecule has 1 N–H and O–H groups in total. The van der Waals surface area contributed by atoms with Crippen LogP contribution in [0.15, 0.2) is 0 Å². The number of rotatable bonds is 6. The van der Waals surface area contributed by atoms with Crippen LogP contribution in [0.4, 0.5) is 0 Å². The van der Waals surface area contributed by atoms with E-state index in [0.717, 1.165) is 25.3 Å². The molecule has 102 valence electrons. The van der Waals surface area contributed by atoms with Gasteiger partial charge in [-0.2, -0.15) is 12.6 Å². The molecular formula is C14H29NOS. The molecule has 17 heavy (non-hydrogen) atoms. The van der Waals surface area contributed by atoms with Gasteiger partial charge in [-0.1, -0.05) is 25.7 Å². The minimum atomic E-state index is -0.182. The quantitative estimate of drug-likeness (QED) is 0.566. The van der Waals surface area contributed by atoms with Gasteiger partial charge in [0.1, 0.15) is 0 Å². The summed E-state index contributed by atoms with van der Waals surface area (Å²) in [6.07, 6.45) is 8.87. The fraction of sp³-hybridized carbons (Fsp3) is 1.00. The zero-order valence-corrected chi connectivity index (χ0v) is 12.4. The van der Waals surface area contributed by atoms with Crippen molar-refractivity contribution in [3.8, 4) is 0 Å². The van der Waals surface area contributed by atoms with E-state index in [1.54, 1.807) is 0 Å². The Morgan fingerprint density at radius 1 is 1.24 bits per heavy atom. The summed E-state index contributed by atoms with van der Waals surface area (Å²) in [6, 6.07) is 0. The van der Waals surface area contributed by atoms with E-state index in [1.165, 1.54) is 38.5 Å². The predicted octanol–water partition coefficient (Wildman–Crippen LogP) is 2.96. The average Bonchev–Trinajstić information content (AvgIpc) is 2.53. The van der Waals surface area contributed by atoms with E-state index in [1.807, 2.05) is 6.92 Å². The van der Waals surface area contributed by atoms with Gasteiger partial charge in [-0.05, 0) is 44.4 Å². The van der Waals surface area contributed by atoms with Crippen LogP contribution in [0.3, 0.4) is 0 Å². The second kappa shape index (κ2) is 7.65. The third-order valence-corrected chi connectivity index (χ3v) is 4.70. The molecule has 1 aliphatic carbocycles. The Kier molecular flexibility index (Phi) is 6.90. The first-order valence-corrected chi connectivity index (χ1v) is 7.69. The van der Waals surface area contributed by atoms with Crippen LogP contribution in [0.25, 0.3) is 0 Å². The molecule has 2 nitrogen and oxygen atoms in total. The largest absolute Gasteiger partial charge is 0.393 e. The lowest BCUT2D eigenvalue weighted by atomic mass is 9.81. The summed E-state index contributed by atoms with van der Waals surface area (Å²) in [5.74, 6) is 1.01. The second-order valence-electron chi connectivity index (χ2n) is 5.95. The maximum Gasteiger partial charge on any atom is 0.0524 e. The molecule has 1 saturated carbocycles. The molecule has 0 aromatic rings. The molecule has 1 fully saturated rings. The summed E-state index contributed by atoms with van der Waals surface area (Å²) >= 11 is 4.60. The first-order valence-electron chi connectivity index (χ1n) is 7.05. The molecule has 1 rings (SSSR count). The minimum Gasteiger partial charge on any atom is -0.393 e. The minimum absolute atomic E-state index is 0.182. The zero-order chi connectivity index (χ0) is 12.7. The standard InChI is InChI=1S/C14H29NOS/c1-13(16)7-10-15(2)11-14(12-17)8-5-3-4-6-9-14/h13,16-17H,3-12H2,1-2H3. The van der Waals surface area contributed by atoms with Crippen LogP contribution in [-0.2, 0) is 0 Å². The molecule has 1 atom stereocenters. The molecule has 0 amide bonds. The van der Waals surface area contributed by atoms with Gasteiger partial charge in [-0.3, -0.25) is 0 Å². The summed E-state index contributed by atoms with van der Waals surface area (Å²) < 4.78 is 0. The lowest BCUT2D eigenvalue weighted by Crippen LogP contribution is -2.38. The Bertz CT molecular complexity index is 200. The first-order chi connectivity index (χ1) is 8.08. The normalized spacial score (nSPS) is 22.4. The highest BCUT2D eigenvalue weighted by Crippen LogP contribution is 2.36. The molecule has 0 aromatic heterocycles. The summed E-state index contributed by atoms with van der Waals surface area (Å²) in [4.78, 5) is 2.38. The highest BCUT2D eigenvalue weighted by molar-refractivity contribution is 7.80. The van der Waals surface area contributed by atoms with E-state index < -0.39 is 0 Å². The van der Waals surface area contributed by atoms with Crippen molar-refractivity contribution in [3.05, 3.63) is 0 Å². The third-order valence-electron chi connectivity index (χ3n) is 4.03. The van der Waals surface area contributed by atoms with E-state index in [9.17, 15) is 5.11 Å². The van der Waals surface area contributed by atoms with Crippen molar-refractivity contribution in [2.24, 2.45) is 5.41 Å². The summed E-state index contributed by atoms with van der Waals surface area (Å²) in [5, 5.41) is 9.33. The van der Waals surface area contributed by atoms with Crippen LogP contribution >= 0.6 is 12.6 Å². The lowest BCUT2D eigenvalue weighted by Gasteiger charge is -2.35. The van der Waals surface area contributed by atoms with Gasteiger partial charge >= 0.3 is 0 Å². The van der Waals surface area contributed by atoms with Crippen molar-refractivity contribution in [1.29, 1.82) is 0 Å². The number of hydrogen-bond donors (Lipinski definition) is 2. The van der Waals surface area contributed by atoms with Crippen molar-refractivity contribution in [2.75, 3.05) is 25.9 Å². The van der Waals surface area contributed by atoms with Crippen LogP contribution in [-0.4, -0.2) is 42.0 Å². The van der Waals surface area contributed by atoms with Crippen molar-refractivity contribution in [1.82, 2.24) is 4.90 Å². The Morgan fingerprint density at radius 2 is 1.82 bits per heavy atom. The number of nitrogens with zero attached hydrogens (tertiary/aromatic N) is 1. The predicted molar refractivity (Wildman–Crippen MR) is 77.8 cm³/mol. The van der Waals surface area contributed by atoms with Gasteiger partial charge in [-0.15, -0.1) is 0 Å². The summed E-state index contributed by atoms with van der Waals surface area (Å²) in [7, 11) is 2.18. The molecule has 0 spiro atoms. The maximum absolute atomic E-state index is 9.33. The monoisotopic (exact) mass is 259 g/mol. The lowest BCUT2D eigenvalue weighted by molar-refractivity contribution is 0.135. The Labute approximate surface area is 112 Å². The van der Waals surface area contributed by atoms with Gasteiger partial charge < -0.3 is 10.0 Å². The van der Waals surface area contributed by atoms with Crippen LogP contribution in [0.2, 0.25) is 0 Å². The SMILES string of the molecule is CC(O)CCN(C)CC1(CS)CCCCCC1. The number of thiol groups is 1. The molecule has 0 radical (unpaired) electrons. The molecule has 0 saturated heterocycles. The van der Waals surface area contributed by atoms with Crippen LogP contribution in [0.5, 0.6) is 0 Å². The van der Waals surface area contributed by atoms with Gasteiger partial charge in [0.25, 0.3) is 0 Å². The average molecular weight is 259 g/mol. The fourth-order valence-electron chi connectivity index (χ4n) is 2.90. The topological polar surface area (TPSA) is 23.5 Å². The smallest absolute Gasteiger partial charge is 0.0524 e. The highest BCUT2D eigenvalue weighted by atomic mass is 32.1. The second-order valence-corrected chi connectivity index (χ2v) is 6.26. The van der Waals surface area contributed by atoms with E-state index in [2.05, 4.69) is 24.6 Å². The van der Waals surface area contributed by atoms with Gasteiger partial charge in [-0.25, -0.2) is 0 Å². The zero-order valence-electron chi connectivity index (χ0n) is 11.5. The third kappa shape index (κ3) is 5.62. The van der Waals surface area contributed by atoms with Crippen molar-refractivity contribution in [3.63, 3.8) is 0 Å². The van der Waals surface area contributed by atoms with E-state index in [-0.39, 0.29) is 6.10 Å². The van der Waals surface area contributed by atoms with Gasteiger partial charge in [0, 0.05) is 13.1 Å². The molecular weight excluding hydrogens is 230 g/mol. The van der Waals surface area contributed by atoms with Gasteiger partial charge in [0.05, 0.1) is 6.10 Å². The van der Waals surface area contributed by atoms with Gasteiger partial charge in [0.2, 0.25) is 0 Å². The van der Waals surface area contributed by atoms with Crippen molar-refractivity contribution >= 4 is 12.6 Å². The Balaban J connectivity index is 2.43. The number of aliphatic hydroxyl groups excluding tert-OH is 1. The van der Waals surface area contributed by atoms with Crippen molar-refractivity contribution < 1.29 is 5.11 Å².